The molecule has 1 unspecified atom stereocenters. The minimum Gasteiger partial charge on any atom is -0.387 e. The highest BCUT2D eigenvalue weighted by Gasteiger charge is 2.10. The van der Waals surface area contributed by atoms with Crippen molar-refractivity contribution in [3.8, 4) is 0 Å². The van der Waals surface area contributed by atoms with Crippen LogP contribution in [0.2, 0.25) is 5.02 Å². The maximum atomic E-state index is 10.1. The van der Waals surface area contributed by atoms with Crippen molar-refractivity contribution in [1.29, 1.82) is 0 Å². The number of nitrogens with one attached hydrogen (secondary N) is 1. The zero-order chi connectivity index (χ0) is 13.7. The van der Waals surface area contributed by atoms with Crippen LogP contribution < -0.4 is 5.32 Å². The third-order valence-electron chi connectivity index (χ3n) is 2.74. The van der Waals surface area contributed by atoms with Gasteiger partial charge in [0.15, 0.2) is 0 Å². The number of aliphatic hydroxyl groups excluding tert-OH is 1. The van der Waals surface area contributed by atoms with Crippen LogP contribution in [0.4, 0.5) is 0 Å². The molecule has 2 N–H and O–H groups in total. The van der Waals surface area contributed by atoms with E-state index in [4.69, 9.17) is 11.6 Å². The molecule has 0 spiro atoms. The highest BCUT2D eigenvalue weighted by molar-refractivity contribution is 6.31. The van der Waals surface area contributed by atoms with E-state index < -0.39 is 6.10 Å². The molecular formula is C14H16ClN3O. The van der Waals surface area contributed by atoms with E-state index in [9.17, 15) is 5.11 Å². The minimum absolute atomic E-state index is 0.423. The number of aliphatic hydroxyl groups is 1. The van der Waals surface area contributed by atoms with Gasteiger partial charge in [-0.2, -0.15) is 0 Å². The predicted octanol–water partition coefficient (Wildman–Crippen LogP) is 2.26. The van der Waals surface area contributed by atoms with E-state index in [1.807, 2.05) is 31.2 Å². The largest absolute Gasteiger partial charge is 0.387 e. The molecule has 0 aliphatic carbocycles. The maximum Gasteiger partial charge on any atom is 0.125 e. The molecule has 0 fully saturated rings. The Hall–Kier alpha value is -1.49. The van der Waals surface area contributed by atoms with Crippen molar-refractivity contribution in [3.63, 3.8) is 0 Å². The van der Waals surface area contributed by atoms with Gasteiger partial charge in [-0.1, -0.05) is 29.8 Å². The SMILES string of the molecule is Cc1nccc(CNCC(O)c2ccccc2Cl)n1. The summed E-state index contributed by atoms with van der Waals surface area (Å²) in [5.74, 6) is 0.742. The number of hydrogen-bond acceptors (Lipinski definition) is 4. The fourth-order valence-corrected chi connectivity index (χ4v) is 2.06. The third kappa shape index (κ3) is 3.99. The van der Waals surface area contributed by atoms with Crippen molar-refractivity contribution in [1.82, 2.24) is 15.3 Å². The summed E-state index contributed by atoms with van der Waals surface area (Å²) in [4.78, 5) is 8.32. The zero-order valence-corrected chi connectivity index (χ0v) is 11.4. The van der Waals surface area contributed by atoms with E-state index in [2.05, 4.69) is 15.3 Å². The Morgan fingerprint density at radius 2 is 2.11 bits per heavy atom. The first-order valence-electron chi connectivity index (χ1n) is 6.08. The lowest BCUT2D eigenvalue weighted by atomic mass is 10.1. The summed E-state index contributed by atoms with van der Waals surface area (Å²) in [5.41, 5.74) is 1.63. The number of hydrogen-bond donors (Lipinski definition) is 2. The van der Waals surface area contributed by atoms with Gasteiger partial charge >= 0.3 is 0 Å². The molecule has 19 heavy (non-hydrogen) atoms. The Bertz CT molecular complexity index is 548. The van der Waals surface area contributed by atoms with Crippen LogP contribution in [0.5, 0.6) is 0 Å². The van der Waals surface area contributed by atoms with Crippen molar-refractivity contribution in [3.05, 3.63) is 58.6 Å². The molecule has 0 saturated heterocycles. The number of rotatable bonds is 5. The number of halogens is 1. The average Bonchev–Trinajstić information content (AvgIpc) is 2.39. The lowest BCUT2D eigenvalue weighted by molar-refractivity contribution is 0.174. The van der Waals surface area contributed by atoms with Crippen LogP contribution in [0.25, 0.3) is 0 Å². The van der Waals surface area contributed by atoms with E-state index in [1.54, 1.807) is 12.3 Å². The summed E-state index contributed by atoms with van der Waals surface area (Å²) in [5, 5.41) is 13.8. The molecule has 1 atom stereocenters. The van der Waals surface area contributed by atoms with Crippen molar-refractivity contribution in [2.24, 2.45) is 0 Å². The van der Waals surface area contributed by atoms with Gasteiger partial charge in [0.05, 0.1) is 11.8 Å². The van der Waals surface area contributed by atoms with Gasteiger partial charge < -0.3 is 10.4 Å². The first-order valence-corrected chi connectivity index (χ1v) is 6.46. The summed E-state index contributed by atoms with van der Waals surface area (Å²) in [6, 6.07) is 9.15. The summed E-state index contributed by atoms with van der Waals surface area (Å²) in [7, 11) is 0. The van der Waals surface area contributed by atoms with Crippen molar-refractivity contribution < 1.29 is 5.11 Å². The first-order chi connectivity index (χ1) is 9.16. The molecule has 0 amide bonds. The van der Waals surface area contributed by atoms with Crippen LogP contribution >= 0.6 is 11.6 Å². The fourth-order valence-electron chi connectivity index (χ4n) is 1.80. The Morgan fingerprint density at radius 3 is 2.84 bits per heavy atom. The van der Waals surface area contributed by atoms with Gasteiger partial charge in [0.2, 0.25) is 0 Å². The molecule has 2 aromatic rings. The Labute approximate surface area is 117 Å². The van der Waals surface area contributed by atoms with Gasteiger partial charge in [-0.3, -0.25) is 0 Å². The second-order valence-corrected chi connectivity index (χ2v) is 4.67. The van der Waals surface area contributed by atoms with E-state index in [0.29, 0.717) is 18.1 Å². The summed E-state index contributed by atoms with van der Waals surface area (Å²) < 4.78 is 0. The molecule has 4 nitrogen and oxygen atoms in total. The van der Waals surface area contributed by atoms with Crippen LogP contribution in [-0.4, -0.2) is 21.6 Å². The van der Waals surface area contributed by atoms with E-state index >= 15 is 0 Å². The van der Waals surface area contributed by atoms with Crippen molar-refractivity contribution >= 4 is 11.6 Å². The normalized spacial score (nSPS) is 12.4. The molecular weight excluding hydrogens is 262 g/mol. The molecule has 0 radical (unpaired) electrons. The second kappa shape index (κ2) is 6.61. The zero-order valence-electron chi connectivity index (χ0n) is 10.7. The molecule has 5 heteroatoms. The molecule has 0 saturated carbocycles. The summed E-state index contributed by atoms with van der Waals surface area (Å²) in [6.07, 6.45) is 1.10. The molecule has 1 aromatic carbocycles. The van der Waals surface area contributed by atoms with E-state index in [0.717, 1.165) is 17.1 Å². The van der Waals surface area contributed by atoms with Crippen LogP contribution in [-0.2, 0) is 6.54 Å². The van der Waals surface area contributed by atoms with Gasteiger partial charge in [-0.15, -0.1) is 0 Å². The Kier molecular flexibility index (Phi) is 4.85. The molecule has 1 aromatic heterocycles. The molecule has 100 valence electrons. The molecule has 2 rings (SSSR count). The molecule has 1 heterocycles. The maximum absolute atomic E-state index is 10.1. The quantitative estimate of drug-likeness (QED) is 0.880. The number of aromatic nitrogens is 2. The van der Waals surface area contributed by atoms with Gasteiger partial charge in [0.25, 0.3) is 0 Å². The van der Waals surface area contributed by atoms with Crippen LogP contribution in [0, 0.1) is 6.92 Å². The topological polar surface area (TPSA) is 58.0 Å². The van der Waals surface area contributed by atoms with Crippen LogP contribution in [0.3, 0.4) is 0 Å². The third-order valence-corrected chi connectivity index (χ3v) is 3.09. The monoisotopic (exact) mass is 277 g/mol. The van der Waals surface area contributed by atoms with Crippen LogP contribution in [0.15, 0.2) is 36.5 Å². The van der Waals surface area contributed by atoms with Gasteiger partial charge in [-0.25, -0.2) is 9.97 Å². The lowest BCUT2D eigenvalue weighted by Crippen LogP contribution is -2.22. The van der Waals surface area contributed by atoms with Crippen LogP contribution in [0.1, 0.15) is 23.2 Å². The van der Waals surface area contributed by atoms with Crippen molar-refractivity contribution in [2.45, 2.75) is 19.6 Å². The number of aryl methyl sites for hydroxylation is 1. The fraction of sp³-hybridized carbons (Fsp3) is 0.286. The number of benzene rings is 1. The Morgan fingerprint density at radius 1 is 1.32 bits per heavy atom. The predicted molar refractivity (Wildman–Crippen MR) is 74.9 cm³/mol. The van der Waals surface area contributed by atoms with E-state index in [1.165, 1.54) is 0 Å². The highest BCUT2D eigenvalue weighted by atomic mass is 35.5. The van der Waals surface area contributed by atoms with E-state index in [-0.39, 0.29) is 0 Å². The van der Waals surface area contributed by atoms with Crippen molar-refractivity contribution in [2.75, 3.05) is 6.54 Å². The summed E-state index contributed by atoms with van der Waals surface area (Å²) in [6.45, 7) is 2.86. The molecule has 0 aliphatic heterocycles. The average molecular weight is 278 g/mol. The lowest BCUT2D eigenvalue weighted by Gasteiger charge is -2.13. The second-order valence-electron chi connectivity index (χ2n) is 4.26. The number of nitrogens with zero attached hydrogens (tertiary/aromatic N) is 2. The van der Waals surface area contributed by atoms with Gasteiger partial charge in [0.1, 0.15) is 5.82 Å². The molecule has 0 aliphatic rings. The molecule has 0 bridgehead atoms. The Balaban J connectivity index is 1.88. The summed E-state index contributed by atoms with van der Waals surface area (Å²) >= 11 is 6.03. The smallest absolute Gasteiger partial charge is 0.125 e. The highest BCUT2D eigenvalue weighted by Crippen LogP contribution is 2.21. The first kappa shape index (κ1) is 13.9. The standard InChI is InChI=1S/C14H16ClN3O/c1-10-17-7-6-11(18-10)8-16-9-14(19)12-4-2-3-5-13(12)15/h2-7,14,16,19H,8-9H2,1H3. The van der Waals surface area contributed by atoms with Gasteiger partial charge in [0, 0.05) is 29.9 Å². The van der Waals surface area contributed by atoms with Gasteiger partial charge in [-0.05, 0) is 19.1 Å². The minimum atomic E-state index is -0.628.